The van der Waals surface area contributed by atoms with Gasteiger partial charge in [-0.3, -0.25) is 9.59 Å². The summed E-state index contributed by atoms with van der Waals surface area (Å²) in [6.07, 6.45) is -13.4. The summed E-state index contributed by atoms with van der Waals surface area (Å²) in [5.41, 5.74) is -10.3. The van der Waals surface area contributed by atoms with Crippen molar-refractivity contribution in [3.8, 4) is 0 Å². The van der Waals surface area contributed by atoms with Crippen LogP contribution in [0.1, 0.15) is 42.9 Å². The number of hydrogen-bond acceptors (Lipinski definition) is 6. The number of benzene rings is 3. The molecule has 18 heteroatoms. The maximum atomic E-state index is 14.6. The fourth-order valence-electron chi connectivity index (χ4n) is 6.70. The quantitative estimate of drug-likeness (QED) is 0.226. The van der Waals surface area contributed by atoms with Crippen LogP contribution in [0.3, 0.4) is 0 Å². The topological polar surface area (TPSA) is 104 Å². The van der Waals surface area contributed by atoms with Crippen LogP contribution >= 0.6 is 0 Å². The minimum Gasteiger partial charge on any atom is -0.380 e. The lowest BCUT2D eigenvalue weighted by atomic mass is 9.88. The highest BCUT2D eigenvalue weighted by Crippen LogP contribution is 2.54. The van der Waals surface area contributed by atoms with Gasteiger partial charge in [-0.2, -0.15) is 26.3 Å². The highest BCUT2D eigenvalue weighted by atomic mass is 32.2. The molecule has 0 radical (unpaired) electrons. The molecule has 2 amide bonds. The van der Waals surface area contributed by atoms with E-state index in [1.807, 2.05) is 0 Å². The van der Waals surface area contributed by atoms with E-state index in [4.69, 9.17) is 0 Å². The molecule has 8 nitrogen and oxygen atoms in total. The number of alkyl halides is 6. The predicted octanol–water partition coefficient (Wildman–Crippen LogP) is 5.92. The van der Waals surface area contributed by atoms with Crippen molar-refractivity contribution in [2.75, 3.05) is 26.2 Å². The summed E-state index contributed by atoms with van der Waals surface area (Å²) in [5.74, 6) is -4.93. The molecule has 282 valence electrons. The van der Waals surface area contributed by atoms with Crippen molar-refractivity contribution < 1.29 is 67.4 Å². The minimum absolute atomic E-state index is 0.0116. The van der Waals surface area contributed by atoms with Crippen molar-refractivity contribution in [2.45, 2.75) is 66.0 Å². The van der Waals surface area contributed by atoms with Gasteiger partial charge in [0.25, 0.3) is 11.5 Å². The highest BCUT2D eigenvalue weighted by molar-refractivity contribution is 7.92. The summed E-state index contributed by atoms with van der Waals surface area (Å²) in [5, 5.41) is 11.2. The Labute approximate surface area is 291 Å². The third kappa shape index (κ3) is 6.64. The zero-order valence-corrected chi connectivity index (χ0v) is 28.0. The second-order valence-corrected chi connectivity index (χ2v) is 15.0. The molecule has 5 rings (SSSR count). The van der Waals surface area contributed by atoms with Crippen LogP contribution in [0, 0.1) is 17.5 Å². The van der Waals surface area contributed by atoms with E-state index in [-0.39, 0.29) is 43.9 Å². The van der Waals surface area contributed by atoms with Crippen molar-refractivity contribution in [1.82, 2.24) is 9.80 Å². The maximum absolute atomic E-state index is 14.6. The van der Waals surface area contributed by atoms with Gasteiger partial charge in [0.15, 0.2) is 9.84 Å². The Kier molecular flexibility index (Phi) is 10.3. The number of sulfone groups is 1. The third-order valence-corrected chi connectivity index (χ3v) is 12.2. The van der Waals surface area contributed by atoms with Crippen molar-refractivity contribution in [2.24, 2.45) is 0 Å². The molecule has 52 heavy (non-hydrogen) atoms. The second kappa shape index (κ2) is 13.7. The number of likely N-dealkylation sites (tertiary alicyclic amines) is 2. The minimum atomic E-state index is -6.27. The molecule has 2 heterocycles. The fraction of sp³-hybridized carbons (Fsp3) is 0.412. The first-order chi connectivity index (χ1) is 24.1. The average molecular weight is 767 g/mol. The molecule has 0 bridgehead atoms. The monoisotopic (exact) mass is 766 g/mol. The summed E-state index contributed by atoms with van der Waals surface area (Å²) in [4.78, 5) is 27.4. The number of carbonyl (C=O) groups is 2. The zero-order valence-electron chi connectivity index (χ0n) is 27.2. The molecule has 3 aromatic carbocycles. The van der Waals surface area contributed by atoms with Crippen molar-refractivity contribution in [3.05, 3.63) is 101 Å². The van der Waals surface area contributed by atoms with Gasteiger partial charge in [-0.05, 0) is 48.4 Å². The molecule has 0 saturated carbocycles. The molecule has 2 saturated heterocycles. The van der Waals surface area contributed by atoms with Gasteiger partial charge in [-0.15, -0.1) is 0 Å². The van der Waals surface area contributed by atoms with Gasteiger partial charge in [0.05, 0.1) is 11.5 Å². The van der Waals surface area contributed by atoms with Gasteiger partial charge in [0.2, 0.25) is 5.91 Å². The molecule has 0 spiro atoms. The molecular weight excluding hydrogens is 735 g/mol. The Morgan fingerprint density at radius 3 is 1.81 bits per heavy atom. The van der Waals surface area contributed by atoms with Crippen LogP contribution in [-0.4, -0.2) is 79.3 Å². The first-order valence-electron chi connectivity index (χ1n) is 15.7. The van der Waals surface area contributed by atoms with E-state index < -0.39 is 97.1 Å². The van der Waals surface area contributed by atoms with E-state index in [0.29, 0.717) is 36.4 Å². The van der Waals surface area contributed by atoms with Gasteiger partial charge in [-0.25, -0.2) is 21.6 Å². The lowest BCUT2D eigenvalue weighted by Gasteiger charge is -2.39. The van der Waals surface area contributed by atoms with Crippen LogP contribution in [0.15, 0.2) is 71.6 Å². The Balaban J connectivity index is 1.58. The number of carbonyl (C=O) groups excluding carboxylic acids is 2. The Morgan fingerprint density at radius 2 is 1.31 bits per heavy atom. The van der Waals surface area contributed by atoms with Crippen LogP contribution in [0.5, 0.6) is 0 Å². The normalized spacial score (nSPS) is 19.9. The summed E-state index contributed by atoms with van der Waals surface area (Å²) in [7, 11) is -4.72. The largest absolute Gasteiger partial charge is 0.430 e. The number of amides is 2. The molecule has 0 aromatic heterocycles. The molecule has 1 N–H and O–H groups in total. The predicted molar refractivity (Wildman–Crippen MR) is 164 cm³/mol. The Bertz CT molecular complexity index is 1890. The van der Waals surface area contributed by atoms with Crippen LogP contribution in [-0.2, 0) is 41.1 Å². The van der Waals surface area contributed by atoms with Gasteiger partial charge >= 0.3 is 12.4 Å². The molecule has 1 atom stereocenters. The highest BCUT2D eigenvalue weighted by Gasteiger charge is 2.73. The smallest absolute Gasteiger partial charge is 0.380 e. The first kappa shape index (κ1) is 39.1. The number of aliphatic hydroxyl groups is 1. The average Bonchev–Trinajstić information content (AvgIpc) is 3.52. The zero-order chi connectivity index (χ0) is 38.5. The number of ether oxygens (including phenoxy) is 1. The van der Waals surface area contributed by atoms with Crippen LogP contribution in [0.25, 0.3) is 0 Å². The van der Waals surface area contributed by atoms with Crippen LogP contribution < -0.4 is 0 Å². The number of hydrogen-bond donors (Lipinski definition) is 1. The molecule has 3 aromatic rings. The molecule has 0 unspecified atom stereocenters. The number of piperidine rings is 1. The third-order valence-electron chi connectivity index (χ3n) is 9.70. The lowest BCUT2D eigenvalue weighted by molar-refractivity contribution is -0.392. The Hall–Kier alpha value is -4.16. The van der Waals surface area contributed by atoms with Gasteiger partial charge in [0.1, 0.15) is 27.8 Å². The first-order valence-corrected chi connectivity index (χ1v) is 17.2. The Morgan fingerprint density at radius 1 is 0.788 bits per heavy atom. The maximum Gasteiger partial charge on any atom is 0.430 e. The van der Waals surface area contributed by atoms with E-state index in [1.54, 1.807) is 0 Å². The molecular formula is C34H31F9N2O6S. The van der Waals surface area contributed by atoms with Crippen LogP contribution in [0.2, 0.25) is 0 Å². The van der Waals surface area contributed by atoms with E-state index in [1.165, 1.54) is 11.8 Å². The van der Waals surface area contributed by atoms with Crippen molar-refractivity contribution >= 4 is 21.7 Å². The van der Waals surface area contributed by atoms with E-state index >= 15 is 0 Å². The fourth-order valence-corrected chi connectivity index (χ4v) is 8.78. The molecule has 2 fully saturated rings. The SMILES string of the molecule is CC(=O)N1CCC(O)(C(=O)N2CC[C@](c3ccc(C(OCc4c(F)cccc4F)(C(F)(F)F)C(F)(F)F)cc3)(S(=O)(=O)c3ccc(F)cc3)C2)CC1. The van der Waals surface area contributed by atoms with E-state index in [0.717, 1.165) is 35.2 Å². The summed E-state index contributed by atoms with van der Waals surface area (Å²) >= 11 is 0. The standard InChI is InChI=1S/C34H31F9N2O6S/c1-21(46)44-16-13-30(48,14-17-44)29(47)45-18-15-31(20-45,52(49,50)25-11-9-24(35)10-12-25)22-5-7-23(8-6-22)32(33(38,39)40,34(41,42)43)51-19-26-27(36)3-2-4-28(26)37/h2-12,48H,13-20H2,1H3/t31-/m0/s1. The van der Waals surface area contributed by atoms with Crippen LogP contribution in [0.4, 0.5) is 39.5 Å². The summed E-state index contributed by atoms with van der Waals surface area (Å²) in [6, 6.07) is 7.55. The molecule has 2 aliphatic rings. The van der Waals surface area contributed by atoms with Crippen molar-refractivity contribution in [3.63, 3.8) is 0 Å². The van der Waals surface area contributed by atoms with E-state index in [9.17, 15) is 62.6 Å². The number of halogens is 9. The van der Waals surface area contributed by atoms with Gasteiger partial charge < -0.3 is 19.6 Å². The summed E-state index contributed by atoms with van der Waals surface area (Å²) in [6.45, 7) is -1.51. The number of rotatable bonds is 8. The van der Waals surface area contributed by atoms with Crippen molar-refractivity contribution in [1.29, 1.82) is 0 Å². The molecule has 0 aliphatic carbocycles. The second-order valence-electron chi connectivity index (χ2n) is 12.7. The molecule has 2 aliphatic heterocycles. The lowest BCUT2D eigenvalue weighted by Crippen LogP contribution is -2.56. The van der Waals surface area contributed by atoms with E-state index in [2.05, 4.69) is 4.74 Å². The summed E-state index contributed by atoms with van der Waals surface area (Å²) < 4.78 is 160. The van der Waals surface area contributed by atoms with Gasteiger partial charge in [-0.1, -0.05) is 30.3 Å². The number of nitrogens with zero attached hydrogens (tertiary/aromatic N) is 2. The van der Waals surface area contributed by atoms with Gasteiger partial charge in [0, 0.05) is 57.1 Å².